The third kappa shape index (κ3) is 4.73. The molecular formula is C23H29N5O3. The Morgan fingerprint density at radius 2 is 2.00 bits per heavy atom. The zero-order valence-electron chi connectivity index (χ0n) is 18.1. The first-order chi connectivity index (χ1) is 15.2. The summed E-state index contributed by atoms with van der Waals surface area (Å²) in [5.74, 6) is 2.18. The van der Waals surface area contributed by atoms with Gasteiger partial charge in [-0.25, -0.2) is 14.8 Å². The van der Waals surface area contributed by atoms with Crippen molar-refractivity contribution < 1.29 is 14.3 Å². The van der Waals surface area contributed by atoms with Crippen LogP contribution in [0.15, 0.2) is 36.5 Å². The van der Waals surface area contributed by atoms with Crippen LogP contribution in [0.2, 0.25) is 0 Å². The van der Waals surface area contributed by atoms with Gasteiger partial charge in [0.25, 0.3) is 0 Å². The predicted octanol–water partition coefficient (Wildman–Crippen LogP) is 4.32. The van der Waals surface area contributed by atoms with Crippen LogP contribution in [0.25, 0.3) is 11.2 Å². The van der Waals surface area contributed by atoms with Gasteiger partial charge < -0.3 is 24.7 Å². The van der Waals surface area contributed by atoms with Gasteiger partial charge in [0.2, 0.25) is 0 Å². The highest BCUT2D eigenvalue weighted by molar-refractivity contribution is 5.91. The van der Waals surface area contributed by atoms with Gasteiger partial charge in [-0.2, -0.15) is 0 Å². The van der Waals surface area contributed by atoms with E-state index in [4.69, 9.17) is 14.5 Å². The second-order valence-electron chi connectivity index (χ2n) is 7.73. The number of urea groups is 1. The Balaban J connectivity index is 1.42. The van der Waals surface area contributed by atoms with Crippen LogP contribution in [-0.2, 0) is 6.42 Å². The number of ether oxygens (including phenoxy) is 2. The second kappa shape index (κ2) is 9.68. The number of carbonyl (C=O) groups excluding carboxylic acids is 1. The van der Waals surface area contributed by atoms with Gasteiger partial charge in [0.1, 0.15) is 22.8 Å². The summed E-state index contributed by atoms with van der Waals surface area (Å²) in [5.41, 5.74) is 2.44. The summed E-state index contributed by atoms with van der Waals surface area (Å²) in [4.78, 5) is 21.8. The SMILES string of the molecule is COc1ccc(NC(=O)NCCc2nc3cccnc3n2C2CCCCC2)c(OC)c1. The molecule has 2 heterocycles. The molecule has 164 valence electrons. The molecule has 1 aliphatic carbocycles. The van der Waals surface area contributed by atoms with Crippen LogP contribution in [0.1, 0.15) is 44.0 Å². The largest absolute Gasteiger partial charge is 0.497 e. The number of aromatic nitrogens is 3. The van der Waals surface area contributed by atoms with Crippen LogP contribution < -0.4 is 20.1 Å². The summed E-state index contributed by atoms with van der Waals surface area (Å²) in [6, 6.07) is 9.32. The number of rotatable bonds is 7. The van der Waals surface area contributed by atoms with Gasteiger partial charge in [-0.15, -0.1) is 0 Å². The second-order valence-corrected chi connectivity index (χ2v) is 7.73. The molecule has 2 aromatic heterocycles. The standard InChI is InChI=1S/C23H29N5O3/c1-30-17-10-11-18(20(15-17)31-2)27-23(29)25-14-12-21-26-19-9-6-13-24-22(19)28(21)16-7-4-3-5-8-16/h6,9-11,13,15-16H,3-5,7-8,12,14H2,1-2H3,(H2,25,27,29). The quantitative estimate of drug-likeness (QED) is 0.591. The van der Waals surface area contributed by atoms with Crippen LogP contribution in [0.4, 0.5) is 10.5 Å². The van der Waals surface area contributed by atoms with Crippen molar-refractivity contribution in [2.45, 2.75) is 44.6 Å². The lowest BCUT2D eigenvalue weighted by Gasteiger charge is -2.25. The van der Waals surface area contributed by atoms with E-state index < -0.39 is 0 Å². The normalized spacial score (nSPS) is 14.4. The lowest BCUT2D eigenvalue weighted by atomic mass is 9.95. The molecule has 2 N–H and O–H groups in total. The number of carbonyl (C=O) groups is 1. The topological polar surface area (TPSA) is 90.3 Å². The van der Waals surface area contributed by atoms with E-state index in [1.165, 1.54) is 19.3 Å². The van der Waals surface area contributed by atoms with Crippen molar-refractivity contribution in [1.29, 1.82) is 0 Å². The zero-order chi connectivity index (χ0) is 21.6. The average Bonchev–Trinajstić information content (AvgIpc) is 3.18. The summed E-state index contributed by atoms with van der Waals surface area (Å²) < 4.78 is 12.8. The number of anilines is 1. The highest BCUT2D eigenvalue weighted by Crippen LogP contribution is 2.32. The molecule has 0 spiro atoms. The van der Waals surface area contributed by atoms with Crippen molar-refractivity contribution in [2.24, 2.45) is 0 Å². The van der Waals surface area contributed by atoms with E-state index in [0.717, 1.165) is 29.8 Å². The van der Waals surface area contributed by atoms with E-state index in [0.29, 0.717) is 36.2 Å². The molecule has 0 unspecified atom stereocenters. The molecule has 8 heteroatoms. The number of benzene rings is 1. The highest BCUT2D eigenvalue weighted by atomic mass is 16.5. The van der Waals surface area contributed by atoms with Crippen LogP contribution in [-0.4, -0.2) is 41.3 Å². The molecule has 1 aliphatic rings. The molecule has 1 saturated carbocycles. The number of pyridine rings is 1. The Morgan fingerprint density at radius 1 is 1.16 bits per heavy atom. The smallest absolute Gasteiger partial charge is 0.319 e. The van der Waals surface area contributed by atoms with E-state index in [9.17, 15) is 4.79 Å². The van der Waals surface area contributed by atoms with Crippen LogP contribution in [0.3, 0.4) is 0 Å². The Hall–Kier alpha value is -3.29. The molecule has 1 fully saturated rings. The van der Waals surface area contributed by atoms with Gasteiger partial charge in [-0.05, 0) is 37.1 Å². The number of hydrogen-bond donors (Lipinski definition) is 2. The molecule has 0 aliphatic heterocycles. The molecule has 0 saturated heterocycles. The molecule has 31 heavy (non-hydrogen) atoms. The molecule has 8 nitrogen and oxygen atoms in total. The molecule has 4 rings (SSSR count). The van der Waals surface area contributed by atoms with Crippen molar-refractivity contribution in [3.63, 3.8) is 0 Å². The van der Waals surface area contributed by atoms with Crippen molar-refractivity contribution >= 4 is 22.9 Å². The molecule has 3 aromatic rings. The summed E-state index contributed by atoms with van der Waals surface area (Å²) in [6.07, 6.45) is 8.53. The summed E-state index contributed by atoms with van der Waals surface area (Å²) in [6.45, 7) is 0.473. The minimum atomic E-state index is -0.290. The van der Waals surface area contributed by atoms with E-state index in [2.05, 4.69) is 20.2 Å². The van der Waals surface area contributed by atoms with Crippen molar-refractivity contribution in [1.82, 2.24) is 19.9 Å². The Morgan fingerprint density at radius 3 is 2.77 bits per heavy atom. The van der Waals surface area contributed by atoms with Crippen molar-refractivity contribution in [2.75, 3.05) is 26.1 Å². The minimum Gasteiger partial charge on any atom is -0.497 e. The molecule has 0 radical (unpaired) electrons. The predicted molar refractivity (Wildman–Crippen MR) is 120 cm³/mol. The fraction of sp³-hybridized carbons (Fsp3) is 0.435. The molecular weight excluding hydrogens is 394 g/mol. The number of nitrogens with one attached hydrogen (secondary N) is 2. The van der Waals surface area contributed by atoms with Gasteiger partial charge in [-0.1, -0.05) is 19.3 Å². The van der Waals surface area contributed by atoms with Crippen LogP contribution in [0.5, 0.6) is 11.5 Å². The zero-order valence-corrected chi connectivity index (χ0v) is 18.1. The fourth-order valence-corrected chi connectivity index (χ4v) is 4.23. The maximum absolute atomic E-state index is 12.4. The molecule has 0 atom stereocenters. The first-order valence-corrected chi connectivity index (χ1v) is 10.8. The number of nitrogens with zero attached hydrogens (tertiary/aromatic N) is 3. The van der Waals surface area contributed by atoms with Crippen LogP contribution >= 0.6 is 0 Å². The maximum Gasteiger partial charge on any atom is 0.319 e. The van der Waals surface area contributed by atoms with E-state index in [-0.39, 0.29) is 6.03 Å². The van der Waals surface area contributed by atoms with Crippen molar-refractivity contribution in [3.8, 4) is 11.5 Å². The maximum atomic E-state index is 12.4. The number of fused-ring (bicyclic) bond motifs is 1. The number of hydrogen-bond acceptors (Lipinski definition) is 5. The third-order valence-electron chi connectivity index (χ3n) is 5.75. The summed E-state index contributed by atoms with van der Waals surface area (Å²) in [5, 5.41) is 5.76. The van der Waals surface area contributed by atoms with E-state index in [1.807, 2.05) is 18.3 Å². The average molecular weight is 424 g/mol. The van der Waals surface area contributed by atoms with Gasteiger partial charge in [0.05, 0.1) is 19.9 Å². The van der Waals surface area contributed by atoms with Crippen molar-refractivity contribution in [3.05, 3.63) is 42.4 Å². The Labute approximate surface area is 182 Å². The highest BCUT2D eigenvalue weighted by Gasteiger charge is 2.22. The monoisotopic (exact) mass is 423 g/mol. The molecule has 0 bridgehead atoms. The Bertz CT molecular complexity index is 1040. The molecule has 2 amide bonds. The Kier molecular flexibility index (Phi) is 6.54. The van der Waals surface area contributed by atoms with Gasteiger partial charge in [0, 0.05) is 31.3 Å². The number of amides is 2. The summed E-state index contributed by atoms with van der Waals surface area (Å²) in [7, 11) is 3.15. The lowest BCUT2D eigenvalue weighted by Crippen LogP contribution is -2.31. The van der Waals surface area contributed by atoms with Crippen LogP contribution in [0, 0.1) is 0 Å². The fourth-order valence-electron chi connectivity index (χ4n) is 4.23. The third-order valence-corrected chi connectivity index (χ3v) is 5.75. The first kappa shape index (κ1) is 21.0. The molecule has 1 aromatic carbocycles. The summed E-state index contributed by atoms with van der Waals surface area (Å²) >= 11 is 0. The minimum absolute atomic E-state index is 0.290. The van der Waals surface area contributed by atoms with Gasteiger partial charge in [-0.3, -0.25) is 0 Å². The van der Waals surface area contributed by atoms with E-state index >= 15 is 0 Å². The van der Waals surface area contributed by atoms with Gasteiger partial charge >= 0.3 is 6.03 Å². The number of imidazole rings is 1. The van der Waals surface area contributed by atoms with E-state index in [1.54, 1.807) is 32.4 Å². The lowest BCUT2D eigenvalue weighted by molar-refractivity contribution is 0.252. The first-order valence-electron chi connectivity index (χ1n) is 10.8. The number of methoxy groups -OCH3 is 2. The van der Waals surface area contributed by atoms with Gasteiger partial charge in [0.15, 0.2) is 5.65 Å².